The van der Waals surface area contributed by atoms with Gasteiger partial charge in [0.05, 0.1) is 13.2 Å². The minimum absolute atomic E-state index is 0.122. The predicted octanol–water partition coefficient (Wildman–Crippen LogP) is 3.06. The number of aliphatic hydroxyl groups excluding tert-OH is 1. The summed E-state index contributed by atoms with van der Waals surface area (Å²) in [7, 11) is 1.65. The summed E-state index contributed by atoms with van der Waals surface area (Å²) in [4.78, 5) is 11.3. The highest BCUT2D eigenvalue weighted by molar-refractivity contribution is 5.80. The highest BCUT2D eigenvalue weighted by Crippen LogP contribution is 2.44. The standard InChI is InChI=1S/C22H27N3O2/c1-15(21-22(27-2)24-10-9-23-21)20-17(7-11-25-12-8-18(26)14-25)13-16-5-3-4-6-19(16)20/h3-6,9-10,15,18,26H,7-8,11-14H2,1-2H3. The molecule has 0 spiro atoms. The summed E-state index contributed by atoms with van der Waals surface area (Å²) in [5.41, 5.74) is 6.44. The minimum atomic E-state index is -0.165. The fourth-order valence-electron chi connectivity index (χ4n) is 4.45. The van der Waals surface area contributed by atoms with Crippen molar-refractivity contribution in [2.24, 2.45) is 0 Å². The van der Waals surface area contributed by atoms with Crippen molar-refractivity contribution < 1.29 is 9.84 Å². The van der Waals surface area contributed by atoms with E-state index >= 15 is 0 Å². The summed E-state index contributed by atoms with van der Waals surface area (Å²) in [5.74, 6) is 0.723. The second kappa shape index (κ2) is 7.79. The third-order valence-electron chi connectivity index (χ3n) is 5.80. The Morgan fingerprint density at radius 2 is 2.07 bits per heavy atom. The lowest BCUT2D eigenvalue weighted by molar-refractivity contribution is 0.177. The number of aliphatic hydroxyl groups is 1. The molecule has 1 aliphatic heterocycles. The number of hydrogen-bond donors (Lipinski definition) is 1. The third-order valence-corrected chi connectivity index (χ3v) is 5.80. The van der Waals surface area contributed by atoms with Crippen molar-refractivity contribution in [2.75, 3.05) is 26.7 Å². The first-order chi connectivity index (χ1) is 13.2. The summed E-state index contributed by atoms with van der Waals surface area (Å²) >= 11 is 0. The fourth-order valence-corrected chi connectivity index (χ4v) is 4.45. The molecule has 2 aromatic rings. The molecule has 1 N–H and O–H groups in total. The number of methoxy groups -OCH3 is 1. The molecule has 142 valence electrons. The number of likely N-dealkylation sites (tertiary alicyclic amines) is 1. The Labute approximate surface area is 160 Å². The van der Waals surface area contributed by atoms with Gasteiger partial charge in [-0.25, -0.2) is 4.98 Å². The van der Waals surface area contributed by atoms with Crippen molar-refractivity contribution in [1.82, 2.24) is 14.9 Å². The molecule has 5 heteroatoms. The van der Waals surface area contributed by atoms with Crippen LogP contribution in [0.3, 0.4) is 0 Å². The van der Waals surface area contributed by atoms with Gasteiger partial charge in [0.1, 0.15) is 5.69 Å². The maximum Gasteiger partial charge on any atom is 0.235 e. The van der Waals surface area contributed by atoms with Gasteiger partial charge in [-0.1, -0.05) is 36.8 Å². The predicted molar refractivity (Wildman–Crippen MR) is 106 cm³/mol. The number of benzene rings is 1. The highest BCUT2D eigenvalue weighted by Gasteiger charge is 2.29. The number of β-amino-alcohol motifs (C(OH)–C–C–N with tert-alkyl or cyclic N) is 1. The normalized spacial score (nSPS) is 20.8. The number of allylic oxidation sites excluding steroid dienone is 1. The first-order valence-corrected chi connectivity index (χ1v) is 9.73. The van der Waals surface area contributed by atoms with Crippen LogP contribution in [0.2, 0.25) is 0 Å². The SMILES string of the molecule is COc1nccnc1C(C)C1=C(CCN2CCC(O)C2)Cc2ccccc21. The number of rotatable bonds is 6. The zero-order valence-corrected chi connectivity index (χ0v) is 16.1. The zero-order chi connectivity index (χ0) is 18.8. The topological polar surface area (TPSA) is 58.5 Å². The van der Waals surface area contributed by atoms with Crippen LogP contribution in [0.5, 0.6) is 5.88 Å². The second-order valence-corrected chi connectivity index (χ2v) is 7.52. The molecule has 2 heterocycles. The third kappa shape index (κ3) is 3.62. The number of nitrogens with zero attached hydrogens (tertiary/aromatic N) is 3. The lowest BCUT2D eigenvalue weighted by Gasteiger charge is -2.20. The minimum Gasteiger partial charge on any atom is -0.480 e. The average molecular weight is 365 g/mol. The Morgan fingerprint density at radius 1 is 1.26 bits per heavy atom. The Kier molecular flexibility index (Phi) is 5.23. The molecule has 2 atom stereocenters. The molecule has 0 radical (unpaired) electrons. The molecule has 4 rings (SSSR count). The molecular formula is C22H27N3O2. The van der Waals surface area contributed by atoms with Gasteiger partial charge in [0.2, 0.25) is 5.88 Å². The van der Waals surface area contributed by atoms with Crippen LogP contribution in [0, 0.1) is 0 Å². The van der Waals surface area contributed by atoms with Gasteiger partial charge >= 0.3 is 0 Å². The van der Waals surface area contributed by atoms with Crippen molar-refractivity contribution in [3.63, 3.8) is 0 Å². The Balaban J connectivity index is 1.65. The van der Waals surface area contributed by atoms with Gasteiger partial charge in [0.25, 0.3) is 0 Å². The number of fused-ring (bicyclic) bond motifs is 1. The van der Waals surface area contributed by atoms with Crippen LogP contribution >= 0.6 is 0 Å². The fraction of sp³-hybridized carbons (Fsp3) is 0.455. The smallest absolute Gasteiger partial charge is 0.235 e. The maximum atomic E-state index is 9.80. The van der Waals surface area contributed by atoms with E-state index in [0.717, 1.165) is 44.6 Å². The van der Waals surface area contributed by atoms with Gasteiger partial charge in [-0.05, 0) is 36.0 Å². The number of ether oxygens (including phenoxy) is 1. The molecule has 1 aromatic heterocycles. The second-order valence-electron chi connectivity index (χ2n) is 7.52. The van der Waals surface area contributed by atoms with Crippen LogP contribution in [-0.4, -0.2) is 52.8 Å². The molecular weight excluding hydrogens is 338 g/mol. The van der Waals surface area contributed by atoms with Crippen molar-refractivity contribution >= 4 is 5.57 Å². The average Bonchev–Trinajstić information content (AvgIpc) is 3.28. The van der Waals surface area contributed by atoms with Gasteiger partial charge in [0, 0.05) is 37.9 Å². The van der Waals surface area contributed by atoms with Crippen LogP contribution in [0.25, 0.3) is 5.57 Å². The molecule has 1 fully saturated rings. The lowest BCUT2D eigenvalue weighted by Crippen LogP contribution is -2.23. The Hall–Kier alpha value is -2.24. The Bertz CT molecular complexity index is 849. The summed E-state index contributed by atoms with van der Waals surface area (Å²) in [5, 5.41) is 9.80. The van der Waals surface area contributed by atoms with E-state index in [2.05, 4.69) is 46.1 Å². The van der Waals surface area contributed by atoms with Crippen molar-refractivity contribution in [2.45, 2.75) is 38.2 Å². The Morgan fingerprint density at radius 3 is 2.85 bits per heavy atom. The van der Waals surface area contributed by atoms with Gasteiger partial charge in [-0.2, -0.15) is 0 Å². The van der Waals surface area contributed by atoms with E-state index in [0.29, 0.717) is 5.88 Å². The molecule has 1 saturated heterocycles. The molecule has 2 unspecified atom stereocenters. The summed E-state index contributed by atoms with van der Waals surface area (Å²) in [6.07, 6.45) is 6.15. The first kappa shape index (κ1) is 18.1. The maximum absolute atomic E-state index is 9.80. The van der Waals surface area contributed by atoms with E-state index in [1.54, 1.807) is 19.5 Å². The molecule has 0 bridgehead atoms. The van der Waals surface area contributed by atoms with Gasteiger partial charge < -0.3 is 14.7 Å². The molecule has 0 saturated carbocycles. The van der Waals surface area contributed by atoms with E-state index < -0.39 is 0 Å². The lowest BCUT2D eigenvalue weighted by atomic mass is 9.90. The van der Waals surface area contributed by atoms with Crippen LogP contribution in [0.15, 0.2) is 42.2 Å². The van der Waals surface area contributed by atoms with E-state index in [-0.39, 0.29) is 12.0 Å². The zero-order valence-electron chi connectivity index (χ0n) is 16.1. The van der Waals surface area contributed by atoms with E-state index in [9.17, 15) is 5.11 Å². The van der Waals surface area contributed by atoms with E-state index in [4.69, 9.17) is 4.74 Å². The van der Waals surface area contributed by atoms with Crippen LogP contribution in [-0.2, 0) is 6.42 Å². The highest BCUT2D eigenvalue weighted by atomic mass is 16.5. The van der Waals surface area contributed by atoms with Gasteiger partial charge in [-0.3, -0.25) is 4.98 Å². The molecule has 5 nitrogen and oxygen atoms in total. The summed E-state index contributed by atoms with van der Waals surface area (Å²) in [6, 6.07) is 8.67. The molecule has 27 heavy (non-hydrogen) atoms. The van der Waals surface area contributed by atoms with Crippen molar-refractivity contribution in [3.8, 4) is 5.88 Å². The molecule has 1 aromatic carbocycles. The van der Waals surface area contributed by atoms with E-state index in [1.165, 1.54) is 22.3 Å². The quantitative estimate of drug-likeness (QED) is 0.853. The van der Waals surface area contributed by atoms with Crippen LogP contribution in [0.1, 0.15) is 42.5 Å². The first-order valence-electron chi connectivity index (χ1n) is 9.73. The van der Waals surface area contributed by atoms with Crippen molar-refractivity contribution in [1.29, 1.82) is 0 Å². The van der Waals surface area contributed by atoms with E-state index in [1.807, 2.05) is 0 Å². The molecule has 0 amide bonds. The van der Waals surface area contributed by atoms with Gasteiger partial charge in [0.15, 0.2) is 0 Å². The monoisotopic (exact) mass is 365 g/mol. The number of aromatic nitrogens is 2. The summed E-state index contributed by atoms with van der Waals surface area (Å²) < 4.78 is 5.47. The molecule has 2 aliphatic rings. The molecule has 1 aliphatic carbocycles. The number of hydrogen-bond acceptors (Lipinski definition) is 5. The summed E-state index contributed by atoms with van der Waals surface area (Å²) in [6.45, 7) is 4.98. The van der Waals surface area contributed by atoms with Gasteiger partial charge in [-0.15, -0.1) is 0 Å². The largest absolute Gasteiger partial charge is 0.480 e. The van der Waals surface area contributed by atoms with Crippen molar-refractivity contribution in [3.05, 3.63) is 59.1 Å². The van der Waals surface area contributed by atoms with Crippen LogP contribution in [0.4, 0.5) is 0 Å². The van der Waals surface area contributed by atoms with Crippen LogP contribution < -0.4 is 4.74 Å².